The molecule has 1 atom stereocenters. The van der Waals surface area contributed by atoms with Crippen molar-refractivity contribution in [3.8, 4) is 0 Å². The topological polar surface area (TPSA) is 103 Å². The first-order valence-corrected chi connectivity index (χ1v) is 11.4. The molecule has 1 aromatic rings. The number of hydrogen-bond donors (Lipinski definition) is 2. The second kappa shape index (κ2) is 12.9. The Balaban J connectivity index is 1.72. The second-order valence-electron chi connectivity index (χ2n) is 9.03. The van der Waals surface area contributed by atoms with Crippen LogP contribution in [0.3, 0.4) is 0 Å². The molecule has 2 amide bonds. The summed E-state index contributed by atoms with van der Waals surface area (Å²) in [5.41, 5.74) is 0.257. The highest BCUT2D eigenvalue weighted by Gasteiger charge is 2.28. The van der Waals surface area contributed by atoms with Crippen molar-refractivity contribution in [2.24, 2.45) is 0 Å². The highest BCUT2D eigenvalue weighted by molar-refractivity contribution is 5.81. The molecule has 2 rings (SSSR count). The summed E-state index contributed by atoms with van der Waals surface area (Å²) in [5.74, 6) is -0.432. The number of hydrogen-bond acceptors (Lipinski definition) is 6. The normalized spacial score (nSPS) is 15.0. The lowest BCUT2D eigenvalue weighted by Gasteiger charge is -2.24. The smallest absolute Gasteiger partial charge is 0.408 e. The van der Waals surface area contributed by atoms with Crippen molar-refractivity contribution in [3.63, 3.8) is 0 Å². The predicted octanol–water partition coefficient (Wildman–Crippen LogP) is 4.46. The van der Waals surface area contributed by atoms with E-state index in [4.69, 9.17) is 14.2 Å². The Morgan fingerprint density at radius 3 is 2.38 bits per heavy atom. The molecular weight excluding hydrogens is 412 g/mol. The fourth-order valence-corrected chi connectivity index (χ4v) is 3.39. The number of carbonyl (C=O) groups excluding carboxylic acids is 3. The van der Waals surface area contributed by atoms with Crippen molar-refractivity contribution in [2.45, 2.75) is 90.1 Å². The lowest BCUT2D eigenvalue weighted by atomic mass is 10.1. The predicted molar refractivity (Wildman–Crippen MR) is 120 cm³/mol. The zero-order valence-corrected chi connectivity index (χ0v) is 19.4. The fraction of sp³-hybridized carbons (Fsp3) is 0.625. The molecule has 0 aliphatic heterocycles. The SMILES string of the molecule is CC(C)(C)OC(=O)NC(CCCCNC(=O)OCc1ccccc1)C(=O)OC1CCCC1. The number of rotatable bonds is 10. The number of alkyl carbamates (subject to hydrolysis) is 2. The van der Waals surface area contributed by atoms with E-state index in [0.29, 0.717) is 25.8 Å². The minimum Gasteiger partial charge on any atom is -0.461 e. The molecule has 2 N–H and O–H groups in total. The molecule has 0 saturated heterocycles. The molecule has 1 unspecified atom stereocenters. The van der Waals surface area contributed by atoms with Crippen LogP contribution in [0.4, 0.5) is 9.59 Å². The van der Waals surface area contributed by atoms with Crippen molar-refractivity contribution in [1.29, 1.82) is 0 Å². The van der Waals surface area contributed by atoms with E-state index in [2.05, 4.69) is 10.6 Å². The van der Waals surface area contributed by atoms with Crippen LogP contribution in [0.1, 0.15) is 71.3 Å². The van der Waals surface area contributed by atoms with E-state index in [1.54, 1.807) is 20.8 Å². The largest absolute Gasteiger partial charge is 0.461 e. The highest BCUT2D eigenvalue weighted by Crippen LogP contribution is 2.22. The molecule has 0 aromatic heterocycles. The van der Waals surface area contributed by atoms with E-state index in [1.807, 2.05) is 30.3 Å². The van der Waals surface area contributed by atoms with E-state index in [0.717, 1.165) is 31.2 Å². The van der Waals surface area contributed by atoms with Gasteiger partial charge in [0.25, 0.3) is 0 Å². The zero-order valence-electron chi connectivity index (χ0n) is 19.4. The van der Waals surface area contributed by atoms with Crippen LogP contribution >= 0.6 is 0 Å². The quantitative estimate of drug-likeness (QED) is 0.311. The van der Waals surface area contributed by atoms with E-state index < -0.39 is 29.8 Å². The van der Waals surface area contributed by atoms with E-state index in [-0.39, 0.29) is 12.7 Å². The van der Waals surface area contributed by atoms with E-state index in [1.165, 1.54) is 0 Å². The number of esters is 1. The lowest BCUT2D eigenvalue weighted by Crippen LogP contribution is -2.45. The molecule has 0 radical (unpaired) electrons. The summed E-state index contributed by atoms with van der Waals surface area (Å²) in [6.07, 6.45) is 4.24. The maximum atomic E-state index is 12.6. The number of carbonyl (C=O) groups is 3. The second-order valence-corrected chi connectivity index (χ2v) is 9.03. The molecule has 1 aliphatic carbocycles. The van der Waals surface area contributed by atoms with Gasteiger partial charge >= 0.3 is 18.2 Å². The van der Waals surface area contributed by atoms with Crippen LogP contribution in [-0.2, 0) is 25.6 Å². The number of unbranched alkanes of at least 4 members (excludes halogenated alkanes) is 1. The molecule has 1 aliphatic rings. The summed E-state index contributed by atoms with van der Waals surface area (Å²) < 4.78 is 16.0. The van der Waals surface area contributed by atoms with Gasteiger partial charge in [0.2, 0.25) is 0 Å². The van der Waals surface area contributed by atoms with Crippen molar-refractivity contribution < 1.29 is 28.6 Å². The van der Waals surface area contributed by atoms with Gasteiger partial charge < -0.3 is 24.8 Å². The molecule has 1 saturated carbocycles. The molecular formula is C24H36N2O6. The van der Waals surface area contributed by atoms with Gasteiger partial charge in [-0.3, -0.25) is 0 Å². The Bertz CT molecular complexity index is 726. The summed E-state index contributed by atoms with van der Waals surface area (Å²) in [6.45, 7) is 5.91. The van der Waals surface area contributed by atoms with Gasteiger partial charge in [-0.1, -0.05) is 30.3 Å². The third-order valence-electron chi connectivity index (χ3n) is 4.96. The number of ether oxygens (including phenoxy) is 3. The van der Waals surface area contributed by atoms with Gasteiger partial charge in [-0.2, -0.15) is 0 Å². The summed E-state index contributed by atoms with van der Waals surface area (Å²) in [5, 5.41) is 5.33. The van der Waals surface area contributed by atoms with Gasteiger partial charge in [0.05, 0.1) is 0 Å². The van der Waals surface area contributed by atoms with Crippen LogP contribution in [0.15, 0.2) is 30.3 Å². The maximum absolute atomic E-state index is 12.6. The summed E-state index contributed by atoms with van der Waals surface area (Å²) in [6, 6.07) is 8.66. The Morgan fingerprint density at radius 1 is 1.03 bits per heavy atom. The summed E-state index contributed by atoms with van der Waals surface area (Å²) in [4.78, 5) is 36.6. The molecule has 8 heteroatoms. The van der Waals surface area contributed by atoms with Crippen LogP contribution in [-0.4, -0.2) is 42.4 Å². The average molecular weight is 449 g/mol. The summed E-state index contributed by atoms with van der Waals surface area (Å²) in [7, 11) is 0. The minimum absolute atomic E-state index is 0.0773. The monoisotopic (exact) mass is 448 g/mol. The van der Waals surface area contributed by atoms with Crippen LogP contribution in [0.25, 0.3) is 0 Å². The summed E-state index contributed by atoms with van der Waals surface area (Å²) >= 11 is 0. The Kier molecular flexibility index (Phi) is 10.3. The number of amides is 2. The van der Waals surface area contributed by atoms with Crippen LogP contribution in [0, 0.1) is 0 Å². The Hall–Kier alpha value is -2.77. The standard InChI is InChI=1S/C24H36N2O6/c1-24(2,3)32-23(29)26-20(21(27)31-19-13-7-8-14-19)15-9-10-16-25-22(28)30-17-18-11-5-4-6-12-18/h4-6,11-12,19-20H,7-10,13-17H2,1-3H3,(H,25,28)(H,26,29). The molecule has 178 valence electrons. The van der Waals surface area contributed by atoms with E-state index >= 15 is 0 Å². The minimum atomic E-state index is -0.782. The zero-order chi connectivity index (χ0) is 23.4. The highest BCUT2D eigenvalue weighted by atomic mass is 16.6. The van der Waals surface area contributed by atoms with Crippen LogP contribution in [0.2, 0.25) is 0 Å². The lowest BCUT2D eigenvalue weighted by molar-refractivity contribution is -0.151. The van der Waals surface area contributed by atoms with Gasteiger partial charge in [0.15, 0.2) is 0 Å². The molecule has 0 heterocycles. The third-order valence-corrected chi connectivity index (χ3v) is 4.96. The molecule has 0 bridgehead atoms. The van der Waals surface area contributed by atoms with Gasteiger partial charge in [-0.05, 0) is 71.3 Å². The van der Waals surface area contributed by atoms with Crippen LogP contribution in [0.5, 0.6) is 0 Å². The fourth-order valence-electron chi connectivity index (χ4n) is 3.39. The van der Waals surface area contributed by atoms with Gasteiger partial charge in [-0.25, -0.2) is 14.4 Å². The van der Waals surface area contributed by atoms with Gasteiger partial charge in [-0.15, -0.1) is 0 Å². The first-order valence-electron chi connectivity index (χ1n) is 11.4. The maximum Gasteiger partial charge on any atom is 0.408 e. The Morgan fingerprint density at radius 2 is 1.72 bits per heavy atom. The molecule has 1 aromatic carbocycles. The van der Waals surface area contributed by atoms with Crippen molar-refractivity contribution >= 4 is 18.2 Å². The van der Waals surface area contributed by atoms with Crippen LogP contribution < -0.4 is 10.6 Å². The molecule has 8 nitrogen and oxygen atoms in total. The van der Waals surface area contributed by atoms with Crippen molar-refractivity contribution in [1.82, 2.24) is 10.6 Å². The third kappa shape index (κ3) is 10.5. The molecule has 0 spiro atoms. The first kappa shape index (κ1) is 25.5. The molecule has 1 fully saturated rings. The van der Waals surface area contributed by atoms with Gasteiger partial charge in [0, 0.05) is 6.54 Å². The first-order chi connectivity index (χ1) is 15.2. The molecule has 32 heavy (non-hydrogen) atoms. The van der Waals surface area contributed by atoms with Gasteiger partial charge in [0.1, 0.15) is 24.4 Å². The number of nitrogens with one attached hydrogen (secondary N) is 2. The number of benzene rings is 1. The van der Waals surface area contributed by atoms with E-state index in [9.17, 15) is 14.4 Å². The van der Waals surface area contributed by atoms with Crippen molar-refractivity contribution in [3.05, 3.63) is 35.9 Å². The Labute approximate surface area is 190 Å². The average Bonchev–Trinajstić information content (AvgIpc) is 3.23. The van der Waals surface area contributed by atoms with Crippen molar-refractivity contribution in [2.75, 3.05) is 6.54 Å².